The molecular weight excluding hydrogens is 310 g/mol. The summed E-state index contributed by atoms with van der Waals surface area (Å²) >= 11 is 0. The fraction of sp³-hybridized carbons (Fsp3) is 0.167. The Morgan fingerprint density at radius 2 is 1.54 bits per heavy atom. The van der Waals surface area contributed by atoms with Gasteiger partial charge in [-0.2, -0.15) is 0 Å². The molecule has 0 aliphatic carbocycles. The third kappa shape index (κ3) is 4.67. The minimum Gasteiger partial charge on any atom is -0.482 e. The SMILES string of the molecule is CC(OC(=O)COc1ccc(C(=O)c2ccccc2)cc1)C(N)=O. The molecule has 1 amide bonds. The molecule has 0 aliphatic heterocycles. The summed E-state index contributed by atoms with van der Waals surface area (Å²) in [7, 11) is 0. The smallest absolute Gasteiger partial charge is 0.344 e. The highest BCUT2D eigenvalue weighted by molar-refractivity contribution is 6.08. The summed E-state index contributed by atoms with van der Waals surface area (Å²) in [4.78, 5) is 34.5. The van der Waals surface area contributed by atoms with Gasteiger partial charge in [-0.3, -0.25) is 9.59 Å². The minimum atomic E-state index is -1.01. The summed E-state index contributed by atoms with van der Waals surface area (Å²) in [6.45, 7) is 1.02. The monoisotopic (exact) mass is 327 g/mol. The molecule has 2 N–H and O–H groups in total. The van der Waals surface area contributed by atoms with Crippen LogP contribution in [0.3, 0.4) is 0 Å². The van der Waals surface area contributed by atoms with Crippen molar-refractivity contribution in [1.82, 2.24) is 0 Å². The molecule has 124 valence electrons. The van der Waals surface area contributed by atoms with Gasteiger partial charge in [0.05, 0.1) is 0 Å². The summed E-state index contributed by atoms with van der Waals surface area (Å²) in [6, 6.07) is 15.3. The maximum Gasteiger partial charge on any atom is 0.344 e. The Bertz CT molecular complexity index is 725. The van der Waals surface area contributed by atoms with Crippen LogP contribution in [0.1, 0.15) is 22.8 Å². The van der Waals surface area contributed by atoms with Crippen LogP contribution in [-0.2, 0) is 14.3 Å². The number of ether oxygens (including phenoxy) is 2. The van der Waals surface area contributed by atoms with Crippen LogP contribution >= 0.6 is 0 Å². The van der Waals surface area contributed by atoms with Gasteiger partial charge >= 0.3 is 5.97 Å². The molecule has 6 nitrogen and oxygen atoms in total. The summed E-state index contributed by atoms with van der Waals surface area (Å²) in [6.07, 6.45) is -1.01. The quantitative estimate of drug-likeness (QED) is 0.617. The second-order valence-electron chi connectivity index (χ2n) is 5.04. The van der Waals surface area contributed by atoms with Crippen molar-refractivity contribution >= 4 is 17.7 Å². The summed E-state index contributed by atoms with van der Waals surface area (Å²) in [5.74, 6) is -1.13. The lowest BCUT2D eigenvalue weighted by Gasteiger charge is -2.10. The molecule has 24 heavy (non-hydrogen) atoms. The van der Waals surface area contributed by atoms with Crippen LogP contribution in [0.4, 0.5) is 0 Å². The van der Waals surface area contributed by atoms with Crippen molar-refractivity contribution in [3.63, 3.8) is 0 Å². The van der Waals surface area contributed by atoms with E-state index in [0.29, 0.717) is 16.9 Å². The molecule has 2 rings (SSSR count). The zero-order chi connectivity index (χ0) is 17.5. The summed E-state index contributed by atoms with van der Waals surface area (Å²) < 4.78 is 10.0. The maximum absolute atomic E-state index is 12.3. The molecule has 0 heterocycles. The van der Waals surface area contributed by atoms with Crippen LogP contribution < -0.4 is 10.5 Å². The van der Waals surface area contributed by atoms with Gasteiger partial charge in [0.1, 0.15) is 5.75 Å². The number of ketones is 1. The first-order chi connectivity index (χ1) is 11.5. The second kappa shape index (κ2) is 7.92. The van der Waals surface area contributed by atoms with Gasteiger partial charge in [0.15, 0.2) is 18.5 Å². The number of hydrogen-bond donors (Lipinski definition) is 1. The highest BCUT2D eigenvalue weighted by Crippen LogP contribution is 2.15. The maximum atomic E-state index is 12.3. The van der Waals surface area contributed by atoms with Crippen molar-refractivity contribution in [3.05, 3.63) is 65.7 Å². The van der Waals surface area contributed by atoms with E-state index in [-0.39, 0.29) is 12.4 Å². The molecule has 1 unspecified atom stereocenters. The average Bonchev–Trinajstić information content (AvgIpc) is 2.60. The van der Waals surface area contributed by atoms with E-state index in [9.17, 15) is 14.4 Å². The third-order valence-corrected chi connectivity index (χ3v) is 3.22. The molecule has 0 spiro atoms. The Hall–Kier alpha value is -3.15. The number of carbonyl (C=O) groups excluding carboxylic acids is 3. The number of benzene rings is 2. The standard InChI is InChI=1S/C18H17NO5/c1-12(18(19)22)24-16(20)11-23-15-9-7-14(8-10-15)17(21)13-5-3-2-4-6-13/h2-10,12H,11H2,1H3,(H2,19,22). The third-order valence-electron chi connectivity index (χ3n) is 3.22. The van der Waals surface area contributed by atoms with Crippen LogP contribution in [-0.4, -0.2) is 30.4 Å². The second-order valence-corrected chi connectivity index (χ2v) is 5.04. The minimum absolute atomic E-state index is 0.100. The fourth-order valence-corrected chi connectivity index (χ4v) is 1.89. The van der Waals surface area contributed by atoms with Gasteiger partial charge in [0.2, 0.25) is 0 Å². The number of carbonyl (C=O) groups is 3. The van der Waals surface area contributed by atoms with Crippen molar-refractivity contribution in [2.75, 3.05) is 6.61 Å². The molecule has 2 aromatic rings. The predicted molar refractivity (Wildman–Crippen MR) is 86.6 cm³/mol. The first kappa shape index (κ1) is 17.2. The van der Waals surface area contributed by atoms with Crippen LogP contribution in [0.25, 0.3) is 0 Å². The molecular formula is C18H17NO5. The zero-order valence-corrected chi connectivity index (χ0v) is 13.1. The van der Waals surface area contributed by atoms with Crippen molar-refractivity contribution in [3.8, 4) is 5.75 Å². The van der Waals surface area contributed by atoms with E-state index in [2.05, 4.69) is 0 Å². The van der Waals surface area contributed by atoms with E-state index in [1.807, 2.05) is 6.07 Å². The van der Waals surface area contributed by atoms with E-state index in [1.54, 1.807) is 48.5 Å². The van der Waals surface area contributed by atoms with Gasteiger partial charge in [-0.15, -0.1) is 0 Å². The van der Waals surface area contributed by atoms with Crippen molar-refractivity contribution in [2.45, 2.75) is 13.0 Å². The Balaban J connectivity index is 1.92. The Morgan fingerprint density at radius 1 is 0.958 bits per heavy atom. The molecule has 6 heteroatoms. The van der Waals surface area contributed by atoms with Gasteiger partial charge in [0.25, 0.3) is 5.91 Å². The first-order valence-corrected chi connectivity index (χ1v) is 7.29. The number of nitrogens with two attached hydrogens (primary N) is 1. The van der Waals surface area contributed by atoms with Crippen molar-refractivity contribution in [1.29, 1.82) is 0 Å². The van der Waals surface area contributed by atoms with E-state index in [4.69, 9.17) is 15.2 Å². The van der Waals surface area contributed by atoms with Crippen LogP contribution in [0, 0.1) is 0 Å². The normalized spacial score (nSPS) is 11.4. The average molecular weight is 327 g/mol. The molecule has 0 radical (unpaired) electrons. The number of esters is 1. The largest absolute Gasteiger partial charge is 0.482 e. The Kier molecular flexibility index (Phi) is 5.68. The zero-order valence-electron chi connectivity index (χ0n) is 13.1. The van der Waals surface area contributed by atoms with Gasteiger partial charge in [0, 0.05) is 11.1 Å². The molecule has 0 saturated heterocycles. The number of primary amides is 1. The van der Waals surface area contributed by atoms with Crippen LogP contribution in [0.15, 0.2) is 54.6 Å². The lowest BCUT2D eigenvalue weighted by Crippen LogP contribution is -2.32. The van der Waals surface area contributed by atoms with Crippen molar-refractivity contribution < 1.29 is 23.9 Å². The molecule has 0 aliphatic rings. The number of amides is 1. The van der Waals surface area contributed by atoms with Gasteiger partial charge in [-0.05, 0) is 31.2 Å². The van der Waals surface area contributed by atoms with Gasteiger partial charge in [-0.1, -0.05) is 30.3 Å². The molecule has 2 aromatic carbocycles. The highest BCUT2D eigenvalue weighted by Gasteiger charge is 2.15. The van der Waals surface area contributed by atoms with E-state index in [0.717, 1.165) is 0 Å². The molecule has 0 aromatic heterocycles. The summed E-state index contributed by atoms with van der Waals surface area (Å²) in [5, 5.41) is 0. The fourth-order valence-electron chi connectivity index (χ4n) is 1.89. The van der Waals surface area contributed by atoms with E-state index in [1.165, 1.54) is 6.92 Å². The van der Waals surface area contributed by atoms with Gasteiger partial charge in [-0.25, -0.2) is 4.79 Å². The Labute approximate surface area is 139 Å². The summed E-state index contributed by atoms with van der Waals surface area (Å²) in [5.41, 5.74) is 6.10. The molecule has 0 bridgehead atoms. The molecule has 0 fully saturated rings. The van der Waals surface area contributed by atoms with Crippen molar-refractivity contribution in [2.24, 2.45) is 5.73 Å². The van der Waals surface area contributed by atoms with E-state index >= 15 is 0 Å². The van der Waals surface area contributed by atoms with E-state index < -0.39 is 18.0 Å². The molecule has 0 saturated carbocycles. The predicted octanol–water partition coefficient (Wildman–Crippen LogP) is 1.71. The van der Waals surface area contributed by atoms with Crippen LogP contribution in [0.5, 0.6) is 5.75 Å². The van der Waals surface area contributed by atoms with Gasteiger partial charge < -0.3 is 15.2 Å². The lowest BCUT2D eigenvalue weighted by atomic mass is 10.0. The topological polar surface area (TPSA) is 95.7 Å². The lowest BCUT2D eigenvalue weighted by molar-refractivity contribution is -0.155. The first-order valence-electron chi connectivity index (χ1n) is 7.29. The van der Waals surface area contributed by atoms with Crippen LogP contribution in [0.2, 0.25) is 0 Å². The molecule has 1 atom stereocenters. The highest BCUT2D eigenvalue weighted by atomic mass is 16.6. The number of rotatable bonds is 7. The Morgan fingerprint density at radius 3 is 2.12 bits per heavy atom. The number of hydrogen-bond acceptors (Lipinski definition) is 5.